The fourth-order valence-corrected chi connectivity index (χ4v) is 8.33. The molecule has 1 fully saturated rings. The van der Waals surface area contributed by atoms with Crippen molar-refractivity contribution in [3.05, 3.63) is 45.4 Å². The van der Waals surface area contributed by atoms with Gasteiger partial charge >= 0.3 is 0 Å². The Bertz CT molecular complexity index is 1390. The average Bonchev–Trinajstić information content (AvgIpc) is 3.47. The van der Waals surface area contributed by atoms with Crippen LogP contribution in [-0.2, 0) is 23.0 Å². The zero-order valence-corrected chi connectivity index (χ0v) is 20.9. The van der Waals surface area contributed by atoms with E-state index in [1.807, 2.05) is 0 Å². The Hall–Kier alpha value is -2.58. The molecule has 0 unspecified atom stereocenters. The summed E-state index contributed by atoms with van der Waals surface area (Å²) in [5, 5.41) is 13.1. The van der Waals surface area contributed by atoms with Crippen molar-refractivity contribution in [2.75, 3.05) is 39.8 Å². The van der Waals surface area contributed by atoms with Crippen LogP contribution in [0.25, 0.3) is 10.1 Å². The predicted octanol–water partition coefficient (Wildman–Crippen LogP) is 1.59. The van der Waals surface area contributed by atoms with Gasteiger partial charge in [-0.2, -0.15) is 4.31 Å². The molecule has 34 heavy (non-hydrogen) atoms. The van der Waals surface area contributed by atoms with E-state index in [1.165, 1.54) is 15.6 Å². The van der Waals surface area contributed by atoms with E-state index in [0.717, 1.165) is 51.5 Å². The molecule has 1 aromatic carbocycles. The molecule has 0 bridgehead atoms. The first-order valence-electron chi connectivity index (χ1n) is 10.7. The molecule has 2 aromatic heterocycles. The van der Waals surface area contributed by atoms with Crippen molar-refractivity contribution in [3.63, 3.8) is 0 Å². The molecule has 3 N–H and O–H groups in total. The third kappa shape index (κ3) is 4.18. The van der Waals surface area contributed by atoms with Crippen LogP contribution in [0.4, 0.5) is 0 Å². The minimum atomic E-state index is -3.70. The van der Waals surface area contributed by atoms with E-state index in [-0.39, 0.29) is 29.0 Å². The van der Waals surface area contributed by atoms with Gasteiger partial charge in [-0.15, -0.1) is 22.7 Å². The molecule has 5 rings (SSSR count). The lowest BCUT2D eigenvalue weighted by Crippen LogP contribution is -2.50. The summed E-state index contributed by atoms with van der Waals surface area (Å²) in [6, 6.07) is 6.77. The Morgan fingerprint density at radius 1 is 1.15 bits per heavy atom. The van der Waals surface area contributed by atoms with Gasteiger partial charge in [0.1, 0.15) is 4.21 Å². The van der Waals surface area contributed by atoms with Crippen molar-refractivity contribution in [2.24, 2.45) is 10.9 Å². The van der Waals surface area contributed by atoms with Crippen LogP contribution in [0.15, 0.2) is 33.6 Å². The second-order valence-electron chi connectivity index (χ2n) is 8.38. The van der Waals surface area contributed by atoms with E-state index in [0.29, 0.717) is 23.7 Å². The number of hydrogen-bond acceptors (Lipinski definition) is 9. The van der Waals surface area contributed by atoms with E-state index in [2.05, 4.69) is 22.1 Å². The first-order chi connectivity index (χ1) is 16.3. The van der Waals surface area contributed by atoms with E-state index >= 15 is 0 Å². The van der Waals surface area contributed by atoms with Crippen molar-refractivity contribution in [1.82, 2.24) is 19.1 Å². The number of fused-ring (bicyclic) bond motifs is 2. The van der Waals surface area contributed by atoms with Crippen LogP contribution in [-0.4, -0.2) is 84.2 Å². The van der Waals surface area contributed by atoms with Crippen LogP contribution in [0.5, 0.6) is 0 Å². The van der Waals surface area contributed by atoms with Crippen molar-refractivity contribution >= 4 is 54.5 Å². The van der Waals surface area contributed by atoms with Crippen LogP contribution in [0.1, 0.15) is 25.9 Å². The highest BCUT2D eigenvalue weighted by atomic mass is 32.2. The summed E-state index contributed by atoms with van der Waals surface area (Å²) in [5.74, 6) is -0.162. The Labute approximate surface area is 204 Å². The summed E-state index contributed by atoms with van der Waals surface area (Å²) < 4.78 is 28.9. The molecule has 0 aliphatic carbocycles. The van der Waals surface area contributed by atoms with Crippen molar-refractivity contribution < 1.29 is 18.4 Å². The third-order valence-electron chi connectivity index (χ3n) is 6.13. The highest BCUT2D eigenvalue weighted by Gasteiger charge is 2.33. The average molecular weight is 521 g/mol. The standard InChI is InChI=1S/C21H24N6O4S3/c1-25-5-4-15-17(12-25)33-20(23-15)21(28)26-6-8-27(9-7-26)34(30,31)18-11-13-2-3-14(19(22)24-29)10-16(13)32-18/h2-3,10-11,29H,4-9,12H2,1H3,(H2,22,24). The van der Waals surface area contributed by atoms with Gasteiger partial charge in [-0.25, -0.2) is 13.4 Å². The highest BCUT2D eigenvalue weighted by molar-refractivity contribution is 7.91. The summed E-state index contributed by atoms with van der Waals surface area (Å²) in [4.78, 5) is 22.6. The first kappa shape index (κ1) is 23.2. The van der Waals surface area contributed by atoms with Gasteiger partial charge in [-0.1, -0.05) is 17.3 Å². The van der Waals surface area contributed by atoms with Gasteiger partial charge in [-0.05, 0) is 24.6 Å². The Kier molecular flexibility index (Phi) is 6.06. The van der Waals surface area contributed by atoms with Crippen molar-refractivity contribution in [2.45, 2.75) is 17.2 Å². The van der Waals surface area contributed by atoms with Crippen LogP contribution >= 0.6 is 22.7 Å². The predicted molar refractivity (Wildman–Crippen MR) is 131 cm³/mol. The molecule has 3 aromatic rings. The zero-order valence-electron chi connectivity index (χ0n) is 18.5. The number of thiazole rings is 1. The number of oxime groups is 1. The van der Waals surface area contributed by atoms with E-state index < -0.39 is 10.0 Å². The third-order valence-corrected chi connectivity index (χ3v) is 10.6. The number of thiophene rings is 1. The number of likely N-dealkylation sites (N-methyl/N-ethyl adjacent to an activating group) is 1. The molecule has 1 amide bonds. The van der Waals surface area contributed by atoms with Crippen molar-refractivity contribution in [3.8, 4) is 0 Å². The number of aromatic nitrogens is 1. The first-order valence-corrected chi connectivity index (χ1v) is 13.8. The van der Waals surface area contributed by atoms with E-state index in [1.54, 1.807) is 29.2 Å². The quantitative estimate of drug-likeness (QED) is 0.231. The monoisotopic (exact) mass is 520 g/mol. The lowest BCUT2D eigenvalue weighted by molar-refractivity contribution is 0.0697. The fraction of sp³-hybridized carbons (Fsp3) is 0.381. The molecular formula is C21H24N6O4S3. The maximum Gasteiger partial charge on any atom is 0.282 e. The number of nitrogens with zero attached hydrogens (tertiary/aromatic N) is 5. The molecule has 0 spiro atoms. The van der Waals surface area contributed by atoms with E-state index in [4.69, 9.17) is 10.9 Å². The molecule has 1 saturated heterocycles. The lowest BCUT2D eigenvalue weighted by Gasteiger charge is -2.33. The number of amidine groups is 1. The second-order valence-corrected chi connectivity index (χ2v) is 12.7. The molecule has 13 heteroatoms. The van der Waals surface area contributed by atoms with Gasteiger partial charge in [0.15, 0.2) is 10.8 Å². The molecule has 0 radical (unpaired) electrons. The Balaban J connectivity index is 1.29. The van der Waals surface area contributed by atoms with Crippen LogP contribution in [0.3, 0.4) is 0 Å². The molecule has 4 heterocycles. The van der Waals surface area contributed by atoms with Crippen molar-refractivity contribution in [1.29, 1.82) is 0 Å². The molecule has 0 saturated carbocycles. The number of piperazine rings is 1. The Morgan fingerprint density at radius 2 is 1.91 bits per heavy atom. The topological polar surface area (TPSA) is 132 Å². The largest absolute Gasteiger partial charge is 0.409 e. The number of amides is 1. The SMILES string of the molecule is CN1CCc2nc(C(=O)N3CCN(S(=O)(=O)c4cc5ccc(C(N)=NO)cc5s4)CC3)sc2C1. The molecule has 180 valence electrons. The van der Waals surface area contributed by atoms with Gasteiger partial charge in [0.2, 0.25) is 0 Å². The number of sulfonamides is 1. The smallest absolute Gasteiger partial charge is 0.282 e. The summed E-state index contributed by atoms with van der Waals surface area (Å²) in [6.07, 6.45) is 0.845. The van der Waals surface area contributed by atoms with Gasteiger partial charge in [0.25, 0.3) is 15.9 Å². The molecule has 10 nitrogen and oxygen atoms in total. The minimum Gasteiger partial charge on any atom is -0.409 e. The molecule has 2 aliphatic heterocycles. The van der Waals surface area contributed by atoms with Gasteiger partial charge < -0.3 is 20.7 Å². The lowest BCUT2D eigenvalue weighted by atomic mass is 10.2. The number of nitrogens with two attached hydrogens (primary N) is 1. The van der Waals surface area contributed by atoms with Gasteiger partial charge in [0.05, 0.1) is 5.69 Å². The number of benzene rings is 1. The molecular weight excluding hydrogens is 496 g/mol. The maximum absolute atomic E-state index is 13.3. The van der Waals surface area contributed by atoms with E-state index in [9.17, 15) is 13.2 Å². The number of carbonyl (C=O) groups excluding carboxylic acids is 1. The van der Waals surface area contributed by atoms with Crippen LogP contribution in [0.2, 0.25) is 0 Å². The summed E-state index contributed by atoms with van der Waals surface area (Å²) >= 11 is 2.59. The highest BCUT2D eigenvalue weighted by Crippen LogP contribution is 2.32. The number of hydrogen-bond donors (Lipinski definition) is 2. The molecule has 2 aliphatic rings. The minimum absolute atomic E-state index is 0.0337. The van der Waals surface area contributed by atoms with Gasteiger partial charge in [-0.3, -0.25) is 4.79 Å². The summed E-state index contributed by atoms with van der Waals surface area (Å²) in [5.41, 5.74) is 7.17. The summed E-state index contributed by atoms with van der Waals surface area (Å²) in [6.45, 7) is 2.84. The van der Waals surface area contributed by atoms with Crippen LogP contribution in [0, 0.1) is 0 Å². The number of carbonyl (C=O) groups is 1. The molecule has 0 atom stereocenters. The fourth-order valence-electron chi connectivity index (χ4n) is 4.16. The van der Waals surface area contributed by atoms with Crippen LogP contribution < -0.4 is 5.73 Å². The summed E-state index contributed by atoms with van der Waals surface area (Å²) in [7, 11) is -1.65. The zero-order chi connectivity index (χ0) is 24.0. The maximum atomic E-state index is 13.3. The second kappa shape index (κ2) is 8.89. The number of rotatable bonds is 4. The normalized spacial score (nSPS) is 18.4. The Morgan fingerprint density at radius 3 is 2.65 bits per heavy atom. The van der Waals surface area contributed by atoms with Gasteiger partial charge in [0, 0.05) is 60.8 Å².